The Kier molecular flexibility index (Phi) is 9.76. The Balaban J connectivity index is 0.00000288. The van der Waals surface area contributed by atoms with Gasteiger partial charge in [0.15, 0.2) is 0 Å². The van der Waals surface area contributed by atoms with Gasteiger partial charge in [-0.05, 0) is 0 Å². The molecule has 1 aliphatic rings. The quantitative estimate of drug-likeness (QED) is 0.540. The Bertz CT molecular complexity index is 694. The third-order valence-corrected chi connectivity index (χ3v) is 7.99. The van der Waals surface area contributed by atoms with E-state index in [1.165, 1.54) is 18.8 Å². The van der Waals surface area contributed by atoms with Gasteiger partial charge in [-0.25, -0.2) is 0 Å². The molecule has 0 unspecified atom stereocenters. The summed E-state index contributed by atoms with van der Waals surface area (Å²) in [6.07, 6.45) is 5.51. The summed E-state index contributed by atoms with van der Waals surface area (Å²) in [7, 11) is 1.72. The summed E-state index contributed by atoms with van der Waals surface area (Å²) >= 11 is -1.89. The summed E-state index contributed by atoms with van der Waals surface area (Å²) < 4.78 is 15.0. The van der Waals surface area contributed by atoms with Crippen molar-refractivity contribution in [3.63, 3.8) is 0 Å². The molecule has 0 aromatic heterocycles. The van der Waals surface area contributed by atoms with Gasteiger partial charge in [-0.1, -0.05) is 0 Å². The van der Waals surface area contributed by atoms with Crippen LogP contribution in [0.1, 0.15) is 53.5 Å². The van der Waals surface area contributed by atoms with Crippen LogP contribution in [0.5, 0.6) is 11.5 Å². The second-order valence-corrected chi connectivity index (χ2v) is 11.2. The van der Waals surface area contributed by atoms with Crippen LogP contribution in [0.3, 0.4) is 0 Å². The fourth-order valence-electron chi connectivity index (χ4n) is 2.65. The zero-order chi connectivity index (χ0) is 17.2. The molecular formula is C20H30Cl2O2Ti. The van der Waals surface area contributed by atoms with E-state index in [1.807, 2.05) is 6.07 Å². The Morgan fingerprint density at radius 2 is 1.64 bits per heavy atom. The van der Waals surface area contributed by atoms with Crippen LogP contribution in [-0.4, -0.2) is 10.9 Å². The molecule has 140 valence electrons. The maximum absolute atomic E-state index is 6.56. The average Bonchev–Trinajstić information content (AvgIpc) is 2.89. The Morgan fingerprint density at radius 3 is 2.08 bits per heavy atom. The van der Waals surface area contributed by atoms with Crippen LogP contribution in [-0.2, 0) is 23.2 Å². The van der Waals surface area contributed by atoms with Crippen molar-refractivity contribution in [2.45, 2.75) is 53.4 Å². The number of allylic oxidation sites excluding steroid dienone is 4. The van der Waals surface area contributed by atoms with Crippen molar-refractivity contribution in [1.82, 2.24) is 0 Å². The molecule has 0 heterocycles. The van der Waals surface area contributed by atoms with E-state index in [1.54, 1.807) is 7.11 Å². The molecule has 0 radical (unpaired) electrons. The molecule has 25 heavy (non-hydrogen) atoms. The summed E-state index contributed by atoms with van der Waals surface area (Å²) in [5.74, 6) is 1.81. The van der Waals surface area contributed by atoms with Crippen LogP contribution < -0.4 is 8.06 Å². The first-order valence-corrected chi connectivity index (χ1v) is 10.3. The summed E-state index contributed by atoms with van der Waals surface area (Å²) in [5.41, 5.74) is 2.70. The first-order chi connectivity index (χ1) is 10.7. The molecule has 0 saturated heterocycles. The number of hydrogen-bond acceptors (Lipinski definition) is 2. The van der Waals surface area contributed by atoms with Crippen molar-refractivity contribution < 1.29 is 25.9 Å². The van der Waals surface area contributed by atoms with E-state index >= 15 is 0 Å². The van der Waals surface area contributed by atoms with Crippen molar-refractivity contribution in [2.75, 3.05) is 7.11 Å². The van der Waals surface area contributed by atoms with Gasteiger partial charge in [-0.2, -0.15) is 0 Å². The van der Waals surface area contributed by atoms with E-state index in [0.29, 0.717) is 0 Å². The topological polar surface area (TPSA) is 18.5 Å². The summed E-state index contributed by atoms with van der Waals surface area (Å²) in [6, 6.07) is 6.30. The third-order valence-electron chi connectivity index (χ3n) is 4.10. The minimum atomic E-state index is -1.89. The fourth-order valence-corrected chi connectivity index (χ4v) is 5.82. The zero-order valence-corrected chi connectivity index (χ0v) is 19.4. The van der Waals surface area contributed by atoms with Gasteiger partial charge in [0.25, 0.3) is 0 Å². The molecule has 1 aromatic rings. The van der Waals surface area contributed by atoms with E-state index in [-0.39, 0.29) is 30.2 Å². The maximum atomic E-state index is 6.56. The summed E-state index contributed by atoms with van der Waals surface area (Å²) in [5, 5.41) is 0. The summed E-state index contributed by atoms with van der Waals surface area (Å²) in [4.78, 5) is 0. The number of benzene rings is 1. The number of rotatable bonds is 4. The maximum Gasteiger partial charge on any atom is -0.147 e. The van der Waals surface area contributed by atoms with Crippen molar-refractivity contribution in [3.05, 3.63) is 45.4 Å². The first kappa shape index (κ1) is 24.5. The molecule has 5 heteroatoms. The van der Waals surface area contributed by atoms with Crippen LogP contribution in [0.2, 0.25) is 0 Å². The molecule has 0 saturated carbocycles. The zero-order valence-electron chi connectivity index (χ0n) is 16.2. The number of methoxy groups -OCH3 is 1. The van der Waals surface area contributed by atoms with Crippen LogP contribution in [0.4, 0.5) is 0 Å². The van der Waals surface area contributed by atoms with E-state index in [0.717, 1.165) is 17.9 Å². The SMILES string of the molecule is COc1cc([O][Ti]([C]2=C(C)C=CC2)=[C](C)C)cc(C(C)(C)C)c1.Cl.Cl. The monoisotopic (exact) mass is 420 g/mol. The van der Waals surface area contributed by atoms with E-state index in [9.17, 15) is 0 Å². The van der Waals surface area contributed by atoms with E-state index in [4.69, 9.17) is 8.06 Å². The van der Waals surface area contributed by atoms with Gasteiger partial charge >= 0.3 is 147 Å². The van der Waals surface area contributed by atoms with Gasteiger partial charge in [-0.3, -0.25) is 0 Å². The van der Waals surface area contributed by atoms with Crippen LogP contribution in [0, 0.1) is 0 Å². The van der Waals surface area contributed by atoms with Gasteiger partial charge in [0.05, 0.1) is 0 Å². The largest absolute Gasteiger partial charge is 0.147 e. The third kappa shape index (κ3) is 6.29. The molecule has 0 spiro atoms. The molecule has 0 aliphatic heterocycles. The number of ether oxygens (including phenoxy) is 1. The standard InChI is InChI=1S/C11H16O2.C6H7.C3H6.2ClH.Ti/c1-11(2,3)8-5-9(12)7-10(6-8)13-4;1-6-4-2-3-5-6;1-3-2;;;/h5-7,12H,1-4H3;2,4H,3H2,1H3;1-2H3;2*1H;/q;;;;;+1/p-1. The van der Waals surface area contributed by atoms with Crippen LogP contribution >= 0.6 is 24.8 Å². The molecule has 2 nitrogen and oxygen atoms in total. The molecule has 0 bridgehead atoms. The molecule has 1 aliphatic carbocycles. The second kappa shape index (κ2) is 9.97. The Hall–Kier alpha value is -0.536. The van der Waals surface area contributed by atoms with Gasteiger partial charge in [0.2, 0.25) is 0 Å². The molecule has 1 aromatic carbocycles. The van der Waals surface area contributed by atoms with Crippen molar-refractivity contribution >= 4 is 28.6 Å². The van der Waals surface area contributed by atoms with Crippen molar-refractivity contribution in [1.29, 1.82) is 0 Å². The molecule has 2 rings (SSSR count). The predicted octanol–water partition coefficient (Wildman–Crippen LogP) is 6.19. The predicted molar refractivity (Wildman–Crippen MR) is 110 cm³/mol. The van der Waals surface area contributed by atoms with Gasteiger partial charge in [0, 0.05) is 0 Å². The minimum Gasteiger partial charge on any atom is -0.147 e. The molecule has 0 fully saturated rings. The number of hydrogen-bond donors (Lipinski definition) is 0. The van der Waals surface area contributed by atoms with Crippen LogP contribution in [0.25, 0.3) is 0 Å². The van der Waals surface area contributed by atoms with Crippen molar-refractivity contribution in [3.8, 4) is 11.5 Å². The van der Waals surface area contributed by atoms with Crippen molar-refractivity contribution in [2.24, 2.45) is 0 Å². The minimum absolute atomic E-state index is 0. The van der Waals surface area contributed by atoms with E-state index < -0.39 is 17.8 Å². The molecule has 0 N–H and O–H groups in total. The summed E-state index contributed by atoms with van der Waals surface area (Å²) in [6.45, 7) is 13.3. The molecular weight excluding hydrogens is 391 g/mol. The molecule has 0 atom stereocenters. The van der Waals surface area contributed by atoms with E-state index in [2.05, 4.69) is 65.8 Å². The Morgan fingerprint density at radius 1 is 1.04 bits per heavy atom. The average molecular weight is 421 g/mol. The first-order valence-electron chi connectivity index (χ1n) is 8.14. The fraction of sp³-hybridized carbons (Fsp3) is 0.450. The van der Waals surface area contributed by atoms with Gasteiger partial charge in [0.1, 0.15) is 0 Å². The second-order valence-electron chi connectivity index (χ2n) is 7.35. The molecule has 0 amide bonds. The van der Waals surface area contributed by atoms with Gasteiger partial charge in [-0.15, -0.1) is 24.8 Å². The van der Waals surface area contributed by atoms with Crippen LogP contribution in [0.15, 0.2) is 39.8 Å². The normalized spacial score (nSPS) is 13.1. The smallest absolute Gasteiger partial charge is 0.147 e. The Labute approximate surface area is 171 Å². The van der Waals surface area contributed by atoms with Gasteiger partial charge < -0.3 is 0 Å². The number of halogens is 2.